The normalized spacial score (nSPS) is 22.0. The Morgan fingerprint density at radius 1 is 0.971 bits per heavy atom. The number of anilines is 1. The molecular weight excluding hydrogens is 432 g/mol. The van der Waals surface area contributed by atoms with Gasteiger partial charge in [0.15, 0.2) is 0 Å². The van der Waals surface area contributed by atoms with Crippen LogP contribution in [0.15, 0.2) is 41.2 Å². The number of carbonyl (C=O) groups excluding carboxylic acids is 2. The maximum absolute atomic E-state index is 13.2. The summed E-state index contributed by atoms with van der Waals surface area (Å²) in [6.07, 6.45) is 6.42. The molecule has 1 saturated heterocycles. The number of amides is 3. The molecule has 180 valence electrons. The molecule has 3 aliphatic rings. The third kappa shape index (κ3) is 4.54. The fourth-order valence-electron chi connectivity index (χ4n) is 5.79. The van der Waals surface area contributed by atoms with Crippen molar-refractivity contribution in [2.75, 3.05) is 25.5 Å². The Hall–Kier alpha value is -3.29. The van der Waals surface area contributed by atoms with Crippen LogP contribution in [-0.2, 0) is 6.54 Å². The second-order valence-electron chi connectivity index (χ2n) is 9.75. The number of hydrogen-bond acceptors (Lipinski definition) is 4. The molecule has 0 spiro atoms. The fourth-order valence-corrected chi connectivity index (χ4v) is 5.79. The molecular formula is C26H32N4O4. The molecule has 0 radical (unpaired) electrons. The van der Waals surface area contributed by atoms with E-state index in [1.807, 2.05) is 4.90 Å². The van der Waals surface area contributed by atoms with Gasteiger partial charge in [-0.3, -0.25) is 9.59 Å². The van der Waals surface area contributed by atoms with Crippen molar-refractivity contribution in [1.29, 1.82) is 0 Å². The van der Waals surface area contributed by atoms with Gasteiger partial charge in [-0.2, -0.15) is 0 Å². The summed E-state index contributed by atoms with van der Waals surface area (Å²) < 4.78 is 7.00. The Morgan fingerprint density at radius 2 is 1.74 bits per heavy atom. The van der Waals surface area contributed by atoms with Gasteiger partial charge in [0, 0.05) is 48.9 Å². The van der Waals surface area contributed by atoms with Gasteiger partial charge in [0.2, 0.25) is 0 Å². The highest BCUT2D eigenvalue weighted by molar-refractivity contribution is 5.94. The lowest BCUT2D eigenvalue weighted by Crippen LogP contribution is -2.49. The van der Waals surface area contributed by atoms with Crippen LogP contribution < -0.4 is 20.9 Å². The summed E-state index contributed by atoms with van der Waals surface area (Å²) in [4.78, 5) is 40.6. The quantitative estimate of drug-likeness (QED) is 0.724. The van der Waals surface area contributed by atoms with E-state index >= 15 is 0 Å². The first-order chi connectivity index (χ1) is 16.5. The third-order valence-corrected chi connectivity index (χ3v) is 7.40. The molecule has 8 heteroatoms. The van der Waals surface area contributed by atoms with E-state index in [9.17, 15) is 14.4 Å². The zero-order valence-electron chi connectivity index (χ0n) is 19.6. The molecule has 1 aliphatic carbocycles. The minimum Gasteiger partial charge on any atom is -0.497 e. The van der Waals surface area contributed by atoms with E-state index in [1.54, 1.807) is 42.0 Å². The Kier molecular flexibility index (Phi) is 6.30. The second kappa shape index (κ2) is 9.52. The largest absolute Gasteiger partial charge is 0.497 e. The van der Waals surface area contributed by atoms with E-state index in [2.05, 4.69) is 10.6 Å². The highest BCUT2D eigenvalue weighted by Crippen LogP contribution is 2.39. The third-order valence-electron chi connectivity index (χ3n) is 7.40. The number of ether oxygens (including phenoxy) is 1. The summed E-state index contributed by atoms with van der Waals surface area (Å²) in [5.74, 6) is 0.891. The van der Waals surface area contributed by atoms with Gasteiger partial charge in [0.05, 0.1) is 12.8 Å². The van der Waals surface area contributed by atoms with Crippen molar-refractivity contribution >= 4 is 17.6 Å². The molecule has 3 heterocycles. The number of piperidine rings is 1. The van der Waals surface area contributed by atoms with Crippen LogP contribution >= 0.6 is 0 Å². The van der Waals surface area contributed by atoms with Crippen molar-refractivity contribution in [3.05, 3.63) is 58.0 Å². The predicted molar refractivity (Wildman–Crippen MR) is 129 cm³/mol. The van der Waals surface area contributed by atoms with Crippen molar-refractivity contribution in [1.82, 2.24) is 14.8 Å². The molecule has 3 amide bonds. The fraction of sp³-hybridized carbons (Fsp3) is 0.500. The number of pyridine rings is 1. The first-order valence-corrected chi connectivity index (χ1v) is 12.3. The van der Waals surface area contributed by atoms with Crippen molar-refractivity contribution in [2.24, 2.45) is 5.92 Å². The SMILES string of the molecule is COc1ccc(C(=O)N2C[C@H]3C[C@H](C2)c2c(NC(=O)NC4CCCCC4)ccc(=O)n2C3)cc1. The zero-order chi connectivity index (χ0) is 23.7. The summed E-state index contributed by atoms with van der Waals surface area (Å²) in [5, 5.41) is 6.10. The molecule has 2 atom stereocenters. The Morgan fingerprint density at radius 3 is 2.47 bits per heavy atom. The average Bonchev–Trinajstić information content (AvgIpc) is 2.86. The number of carbonyl (C=O) groups is 2. The molecule has 1 saturated carbocycles. The first kappa shape index (κ1) is 22.5. The molecule has 2 aromatic rings. The van der Waals surface area contributed by atoms with E-state index in [1.165, 1.54) is 12.5 Å². The summed E-state index contributed by atoms with van der Waals surface area (Å²) in [5.41, 5.74) is 2.05. The van der Waals surface area contributed by atoms with E-state index < -0.39 is 0 Å². The standard InChI is InChI=1S/C26H32N4O4/c1-34-21-9-7-18(8-10-21)25(32)29-14-17-13-19(16-29)24-22(11-12-23(31)30(24)15-17)28-26(33)27-20-5-3-2-4-6-20/h7-12,17,19-20H,2-6,13-16H2,1H3,(H2,27,28,33)/t17-,19-/m1/s1. The van der Waals surface area contributed by atoms with Crippen LogP contribution in [0.1, 0.15) is 60.5 Å². The molecule has 2 fully saturated rings. The highest BCUT2D eigenvalue weighted by Gasteiger charge is 2.38. The minimum atomic E-state index is -0.225. The van der Waals surface area contributed by atoms with Crippen molar-refractivity contribution in [2.45, 2.75) is 57.0 Å². The van der Waals surface area contributed by atoms with Crippen molar-refractivity contribution < 1.29 is 14.3 Å². The zero-order valence-corrected chi connectivity index (χ0v) is 19.6. The van der Waals surface area contributed by atoms with Gasteiger partial charge >= 0.3 is 6.03 Å². The number of benzene rings is 1. The summed E-state index contributed by atoms with van der Waals surface area (Å²) in [6.45, 7) is 1.69. The lowest BCUT2D eigenvalue weighted by Gasteiger charge is -2.43. The van der Waals surface area contributed by atoms with Crippen molar-refractivity contribution in [3.8, 4) is 5.75 Å². The molecule has 2 bridgehead atoms. The number of nitrogens with one attached hydrogen (secondary N) is 2. The predicted octanol–water partition coefficient (Wildman–Crippen LogP) is 3.57. The lowest BCUT2D eigenvalue weighted by molar-refractivity contribution is 0.0595. The maximum Gasteiger partial charge on any atom is 0.319 e. The molecule has 8 nitrogen and oxygen atoms in total. The number of hydrogen-bond donors (Lipinski definition) is 2. The second-order valence-corrected chi connectivity index (χ2v) is 9.75. The Balaban J connectivity index is 1.35. The topological polar surface area (TPSA) is 92.7 Å². The number of rotatable bonds is 4. The van der Waals surface area contributed by atoms with Gasteiger partial charge in [0.1, 0.15) is 5.75 Å². The number of methoxy groups -OCH3 is 1. The minimum absolute atomic E-state index is 0.00595. The first-order valence-electron chi connectivity index (χ1n) is 12.3. The summed E-state index contributed by atoms with van der Waals surface area (Å²) >= 11 is 0. The Labute approximate surface area is 199 Å². The van der Waals surface area contributed by atoms with E-state index in [0.29, 0.717) is 36.6 Å². The van der Waals surface area contributed by atoms with Gasteiger partial charge < -0.3 is 24.8 Å². The molecule has 2 N–H and O–H groups in total. The van der Waals surface area contributed by atoms with Crippen LogP contribution in [0.2, 0.25) is 0 Å². The Bertz CT molecular complexity index is 1120. The monoisotopic (exact) mass is 464 g/mol. The molecule has 1 aromatic carbocycles. The van der Waals surface area contributed by atoms with Crippen LogP contribution in [0.3, 0.4) is 0 Å². The summed E-state index contributed by atoms with van der Waals surface area (Å²) in [7, 11) is 1.60. The van der Waals surface area contributed by atoms with Crippen LogP contribution in [0.5, 0.6) is 5.75 Å². The molecule has 5 rings (SSSR count). The van der Waals surface area contributed by atoms with E-state index in [4.69, 9.17) is 4.74 Å². The average molecular weight is 465 g/mol. The van der Waals surface area contributed by atoms with Gasteiger partial charge in [-0.25, -0.2) is 4.79 Å². The lowest BCUT2D eigenvalue weighted by atomic mass is 9.82. The smallest absolute Gasteiger partial charge is 0.319 e. The van der Waals surface area contributed by atoms with Crippen LogP contribution in [0, 0.1) is 5.92 Å². The van der Waals surface area contributed by atoms with Crippen molar-refractivity contribution in [3.63, 3.8) is 0 Å². The van der Waals surface area contributed by atoms with E-state index in [0.717, 1.165) is 37.8 Å². The van der Waals surface area contributed by atoms with Gasteiger partial charge in [-0.15, -0.1) is 0 Å². The summed E-state index contributed by atoms with van der Waals surface area (Å²) in [6, 6.07) is 10.4. The van der Waals surface area contributed by atoms with Crippen LogP contribution in [-0.4, -0.2) is 47.6 Å². The van der Waals surface area contributed by atoms with Crippen LogP contribution in [0.25, 0.3) is 0 Å². The molecule has 2 aliphatic heterocycles. The van der Waals surface area contributed by atoms with Gasteiger partial charge in [-0.1, -0.05) is 19.3 Å². The number of likely N-dealkylation sites (tertiary alicyclic amines) is 1. The van der Waals surface area contributed by atoms with E-state index in [-0.39, 0.29) is 35.4 Å². The van der Waals surface area contributed by atoms with Gasteiger partial charge in [0.25, 0.3) is 11.5 Å². The number of aromatic nitrogens is 1. The highest BCUT2D eigenvalue weighted by atomic mass is 16.5. The molecule has 34 heavy (non-hydrogen) atoms. The number of urea groups is 1. The molecule has 0 unspecified atom stereocenters. The van der Waals surface area contributed by atoms with Crippen LogP contribution in [0.4, 0.5) is 10.5 Å². The number of nitrogens with zero attached hydrogens (tertiary/aromatic N) is 2. The maximum atomic E-state index is 13.2. The van der Waals surface area contributed by atoms with Gasteiger partial charge in [-0.05, 0) is 55.5 Å². The number of fused-ring (bicyclic) bond motifs is 4. The molecule has 1 aromatic heterocycles.